The molecule has 5 rings (SSSR count). The minimum atomic E-state index is 0.555. The summed E-state index contributed by atoms with van der Waals surface area (Å²) in [5.74, 6) is 8.91. The molecule has 4 fully saturated rings. The van der Waals surface area contributed by atoms with Gasteiger partial charge in [0.1, 0.15) is 12.2 Å². The fraction of sp³-hybridized carbons (Fsp3) is 0.929. The maximum atomic E-state index is 4.51. The third-order valence-corrected chi connectivity index (χ3v) is 11.0. The van der Waals surface area contributed by atoms with Gasteiger partial charge in [-0.25, -0.2) is 4.98 Å². The van der Waals surface area contributed by atoms with Gasteiger partial charge < -0.3 is 0 Å². The molecule has 0 spiro atoms. The van der Waals surface area contributed by atoms with Crippen molar-refractivity contribution in [2.75, 3.05) is 0 Å². The highest BCUT2D eigenvalue weighted by molar-refractivity contribution is 5.05. The van der Waals surface area contributed by atoms with Gasteiger partial charge in [-0.3, -0.25) is 4.68 Å². The van der Waals surface area contributed by atoms with Crippen LogP contribution in [0.1, 0.15) is 104 Å². The van der Waals surface area contributed by atoms with E-state index in [0.717, 1.165) is 53.8 Å². The Morgan fingerprint density at radius 2 is 1.90 bits per heavy atom. The number of hydrogen-bond acceptors (Lipinski definition) is 2. The second-order valence-corrected chi connectivity index (χ2v) is 12.5. The van der Waals surface area contributed by atoms with Crippen molar-refractivity contribution in [2.45, 2.75) is 111 Å². The molecule has 174 valence electrons. The smallest absolute Gasteiger partial charge is 0.138 e. The molecule has 0 N–H and O–H groups in total. The molecule has 1 heterocycles. The Kier molecular flexibility index (Phi) is 6.25. The van der Waals surface area contributed by atoms with Crippen LogP contribution in [0.2, 0.25) is 0 Å². The van der Waals surface area contributed by atoms with E-state index in [1.54, 1.807) is 32.0 Å². The summed E-state index contributed by atoms with van der Waals surface area (Å²) in [5, 5.41) is 4.51. The molecule has 3 heteroatoms. The van der Waals surface area contributed by atoms with Crippen molar-refractivity contribution in [1.29, 1.82) is 0 Å². The van der Waals surface area contributed by atoms with E-state index in [1.165, 1.54) is 51.4 Å². The summed E-state index contributed by atoms with van der Waals surface area (Å²) in [7, 11) is 0. The van der Waals surface area contributed by atoms with Crippen LogP contribution in [-0.2, 0) is 6.54 Å². The first-order valence-corrected chi connectivity index (χ1v) is 13.9. The van der Waals surface area contributed by atoms with E-state index in [1.807, 2.05) is 0 Å². The maximum absolute atomic E-state index is 4.51. The van der Waals surface area contributed by atoms with E-state index in [-0.39, 0.29) is 0 Å². The number of nitrogens with zero attached hydrogens (tertiary/aromatic N) is 3. The Hall–Kier alpha value is -0.860. The van der Waals surface area contributed by atoms with Crippen LogP contribution in [0.15, 0.2) is 6.33 Å². The summed E-state index contributed by atoms with van der Waals surface area (Å²) in [6.45, 7) is 10.8. The maximum Gasteiger partial charge on any atom is 0.138 e. The molecule has 4 saturated carbocycles. The number of rotatable bonds is 5. The van der Waals surface area contributed by atoms with Crippen LogP contribution < -0.4 is 0 Å². The van der Waals surface area contributed by atoms with E-state index < -0.39 is 0 Å². The largest absolute Gasteiger partial charge is 0.250 e. The van der Waals surface area contributed by atoms with Gasteiger partial charge in [0.2, 0.25) is 0 Å². The third-order valence-electron chi connectivity index (χ3n) is 11.0. The van der Waals surface area contributed by atoms with Crippen molar-refractivity contribution in [3.63, 3.8) is 0 Å². The van der Waals surface area contributed by atoms with Gasteiger partial charge >= 0.3 is 0 Å². The second kappa shape index (κ2) is 8.82. The molecule has 0 amide bonds. The first kappa shape index (κ1) is 22.0. The molecule has 4 aliphatic carbocycles. The Balaban J connectivity index is 1.30. The molecule has 4 unspecified atom stereocenters. The van der Waals surface area contributed by atoms with Crippen LogP contribution >= 0.6 is 0 Å². The molecule has 0 bridgehead atoms. The molecule has 1 aromatic heterocycles. The number of fused-ring (bicyclic) bond motifs is 5. The zero-order valence-corrected chi connectivity index (χ0v) is 20.7. The minimum Gasteiger partial charge on any atom is -0.250 e. The molecule has 0 saturated heterocycles. The molecular weight excluding hydrogens is 378 g/mol. The molecular formula is C28H47N3. The highest BCUT2D eigenvalue weighted by atomic mass is 15.3. The molecule has 1 aromatic rings. The van der Waals surface area contributed by atoms with Crippen molar-refractivity contribution in [3.05, 3.63) is 12.2 Å². The van der Waals surface area contributed by atoms with Gasteiger partial charge in [0.15, 0.2) is 0 Å². The zero-order valence-electron chi connectivity index (χ0n) is 20.7. The van der Waals surface area contributed by atoms with Gasteiger partial charge in [-0.15, -0.1) is 0 Å². The van der Waals surface area contributed by atoms with Gasteiger partial charge in [-0.1, -0.05) is 46.5 Å². The van der Waals surface area contributed by atoms with Crippen LogP contribution in [0.3, 0.4) is 0 Å². The minimum absolute atomic E-state index is 0.555. The van der Waals surface area contributed by atoms with Crippen molar-refractivity contribution >= 4 is 0 Å². The predicted octanol–water partition coefficient (Wildman–Crippen LogP) is 7.30. The Bertz CT molecular complexity index is 740. The van der Waals surface area contributed by atoms with Crippen LogP contribution in [-0.4, -0.2) is 14.8 Å². The normalized spacial score (nSPS) is 43.5. The van der Waals surface area contributed by atoms with E-state index >= 15 is 0 Å². The molecule has 31 heavy (non-hydrogen) atoms. The first-order valence-electron chi connectivity index (χ1n) is 13.9. The predicted molar refractivity (Wildman–Crippen MR) is 128 cm³/mol. The average molecular weight is 426 g/mol. The van der Waals surface area contributed by atoms with Gasteiger partial charge in [0.05, 0.1) is 0 Å². The fourth-order valence-corrected chi connectivity index (χ4v) is 9.70. The van der Waals surface area contributed by atoms with E-state index in [0.29, 0.717) is 11.3 Å². The summed E-state index contributed by atoms with van der Waals surface area (Å²) in [6, 6.07) is 0. The van der Waals surface area contributed by atoms with Gasteiger partial charge in [0.25, 0.3) is 0 Å². The van der Waals surface area contributed by atoms with Crippen LogP contribution in [0.25, 0.3) is 0 Å². The summed E-state index contributed by atoms with van der Waals surface area (Å²) in [4.78, 5) is 4.37. The topological polar surface area (TPSA) is 30.7 Å². The van der Waals surface area contributed by atoms with Crippen molar-refractivity contribution < 1.29 is 0 Å². The van der Waals surface area contributed by atoms with Crippen molar-refractivity contribution in [3.8, 4) is 0 Å². The quantitative estimate of drug-likeness (QED) is 0.495. The Morgan fingerprint density at radius 1 is 1.06 bits per heavy atom. The molecule has 0 radical (unpaired) electrons. The number of aromatic nitrogens is 3. The first-order chi connectivity index (χ1) is 15.0. The molecule has 4 aliphatic rings. The molecule has 3 nitrogen and oxygen atoms in total. The van der Waals surface area contributed by atoms with Gasteiger partial charge in [-0.2, -0.15) is 5.10 Å². The Labute approximate surface area is 191 Å². The second-order valence-electron chi connectivity index (χ2n) is 12.5. The fourth-order valence-electron chi connectivity index (χ4n) is 9.70. The summed E-state index contributed by atoms with van der Waals surface area (Å²) in [5.41, 5.74) is 0.555. The van der Waals surface area contributed by atoms with E-state index in [2.05, 4.69) is 42.5 Å². The molecule has 0 aromatic carbocycles. The zero-order chi connectivity index (χ0) is 21.6. The van der Waals surface area contributed by atoms with E-state index in [4.69, 9.17) is 0 Å². The highest BCUT2D eigenvalue weighted by Crippen LogP contribution is 2.64. The van der Waals surface area contributed by atoms with Crippen LogP contribution in [0.4, 0.5) is 0 Å². The monoisotopic (exact) mass is 425 g/mol. The van der Waals surface area contributed by atoms with Gasteiger partial charge in [-0.05, 0) is 111 Å². The van der Waals surface area contributed by atoms with Crippen molar-refractivity contribution in [1.82, 2.24) is 14.8 Å². The number of aryl methyl sites for hydroxylation is 1. The lowest BCUT2D eigenvalue weighted by Gasteiger charge is -2.61. The highest BCUT2D eigenvalue weighted by Gasteiger charge is 2.56. The lowest BCUT2D eigenvalue weighted by molar-refractivity contribution is -0.122. The van der Waals surface area contributed by atoms with Crippen LogP contribution in [0.5, 0.6) is 0 Å². The number of hydrogen-bond donors (Lipinski definition) is 0. The lowest BCUT2D eigenvalue weighted by Crippen LogP contribution is -2.54. The summed E-state index contributed by atoms with van der Waals surface area (Å²) >= 11 is 0. The summed E-state index contributed by atoms with van der Waals surface area (Å²) in [6.07, 6.45) is 19.8. The standard InChI is InChI=1S/C28H47N3/c1-5-7-21-10-12-23-22(16-21)11-13-25-24(23)14-15-28(4)26(8-6-9-27(25)28)19(2)17-31-20(3)29-18-30-31/h18-19,21-27H,5-17H2,1-4H3/t19-,21-,22?,23-,24?,25+,26?,27?,28+/m0/s1. The van der Waals surface area contributed by atoms with Crippen LogP contribution in [0, 0.1) is 59.7 Å². The summed E-state index contributed by atoms with van der Waals surface area (Å²) < 4.78 is 2.16. The molecule has 9 atom stereocenters. The Morgan fingerprint density at radius 3 is 2.68 bits per heavy atom. The molecule has 0 aliphatic heterocycles. The lowest BCUT2D eigenvalue weighted by atomic mass is 9.44. The SMILES string of the molecule is CCC[C@H]1CC[C@H]2C(CC[C@@H]3C2CC[C@@]2(C)C3CCCC2[C@@H](C)Cn2ncnc2C)C1. The van der Waals surface area contributed by atoms with Crippen molar-refractivity contribution in [2.24, 2.45) is 52.8 Å². The average Bonchev–Trinajstić information content (AvgIpc) is 3.16. The van der Waals surface area contributed by atoms with E-state index in [9.17, 15) is 0 Å². The van der Waals surface area contributed by atoms with Gasteiger partial charge in [0, 0.05) is 6.54 Å². The third kappa shape index (κ3) is 3.90.